The Kier molecular flexibility index (Phi) is 8.00. The zero-order valence-corrected chi connectivity index (χ0v) is 17.5. The molecule has 31 heavy (non-hydrogen) atoms. The lowest BCUT2D eigenvalue weighted by molar-refractivity contribution is -0.274. The first-order chi connectivity index (χ1) is 14.6. The Morgan fingerprint density at radius 1 is 1.19 bits per heavy atom. The summed E-state index contributed by atoms with van der Waals surface area (Å²) in [7, 11) is 1.92. The average molecular weight is 434 g/mol. The van der Waals surface area contributed by atoms with Gasteiger partial charge in [0.05, 0.1) is 18.4 Å². The molecule has 0 fully saturated rings. The van der Waals surface area contributed by atoms with Crippen molar-refractivity contribution >= 4 is 12.2 Å². The molecule has 0 bridgehead atoms. The van der Waals surface area contributed by atoms with E-state index in [2.05, 4.69) is 39.2 Å². The fourth-order valence-electron chi connectivity index (χ4n) is 2.83. The Morgan fingerprint density at radius 2 is 1.84 bits per heavy atom. The number of anilines is 1. The predicted octanol–water partition coefficient (Wildman–Crippen LogP) is 4.35. The van der Waals surface area contributed by atoms with Crippen LogP contribution in [0.15, 0.2) is 55.1 Å². The molecule has 166 valence electrons. The fourth-order valence-corrected chi connectivity index (χ4v) is 2.83. The third-order valence-electron chi connectivity index (χ3n) is 4.17. The molecule has 0 saturated heterocycles. The number of hydrogen-bond acceptors (Lipinski definition) is 5. The summed E-state index contributed by atoms with van der Waals surface area (Å²) < 4.78 is 42.7. The first-order valence-corrected chi connectivity index (χ1v) is 9.39. The van der Waals surface area contributed by atoms with Gasteiger partial charge in [0, 0.05) is 37.6 Å². The van der Waals surface area contributed by atoms with Crippen molar-refractivity contribution in [1.82, 2.24) is 14.5 Å². The van der Waals surface area contributed by atoms with Crippen molar-refractivity contribution in [2.24, 2.45) is 12.8 Å². The maximum atomic E-state index is 12.3. The van der Waals surface area contributed by atoms with Crippen LogP contribution in [-0.4, -0.2) is 33.3 Å². The van der Waals surface area contributed by atoms with Crippen LogP contribution in [0, 0.1) is 5.41 Å². The van der Waals surface area contributed by atoms with Gasteiger partial charge in [-0.15, -0.1) is 13.2 Å². The van der Waals surface area contributed by atoms with Gasteiger partial charge in [0.25, 0.3) is 0 Å². The van der Waals surface area contributed by atoms with Crippen LogP contribution in [0.3, 0.4) is 0 Å². The van der Waals surface area contributed by atoms with Gasteiger partial charge in [0.2, 0.25) is 0 Å². The van der Waals surface area contributed by atoms with Gasteiger partial charge in [-0.1, -0.05) is 0 Å². The molecule has 10 heteroatoms. The third-order valence-corrected chi connectivity index (χ3v) is 4.17. The smallest absolute Gasteiger partial charge is 0.406 e. The normalized spacial score (nSPS) is 10.9. The number of benzene rings is 1. The zero-order valence-electron chi connectivity index (χ0n) is 17.5. The Bertz CT molecular complexity index is 970. The lowest BCUT2D eigenvalue weighted by Crippen LogP contribution is -2.30. The number of ether oxygens (including phenoxy) is 1. The van der Waals surface area contributed by atoms with Crippen LogP contribution in [0.2, 0.25) is 0 Å². The molecule has 3 N–H and O–H groups in total. The number of hydrogen-bond donors (Lipinski definition) is 2. The van der Waals surface area contributed by atoms with Gasteiger partial charge in [-0.2, -0.15) is 0 Å². The van der Waals surface area contributed by atoms with Crippen molar-refractivity contribution in [2.75, 3.05) is 4.90 Å². The molecule has 3 aromatic rings. The summed E-state index contributed by atoms with van der Waals surface area (Å²) in [6.07, 6.45) is 1.46. The van der Waals surface area contributed by atoms with Crippen LogP contribution in [-0.2, 0) is 13.6 Å². The summed E-state index contributed by atoms with van der Waals surface area (Å²) in [4.78, 5) is 10.9. The number of imidazole rings is 1. The molecule has 3 rings (SSSR count). The van der Waals surface area contributed by atoms with Gasteiger partial charge >= 0.3 is 6.36 Å². The van der Waals surface area contributed by atoms with Gasteiger partial charge in [0.1, 0.15) is 11.6 Å². The van der Waals surface area contributed by atoms with Crippen LogP contribution < -0.4 is 15.4 Å². The van der Waals surface area contributed by atoms with Crippen molar-refractivity contribution in [3.8, 4) is 17.0 Å². The number of nitrogens with one attached hydrogen (secondary N) is 1. The fraction of sp³-hybridized carbons (Fsp3) is 0.286. The van der Waals surface area contributed by atoms with E-state index < -0.39 is 6.36 Å². The van der Waals surface area contributed by atoms with E-state index in [0.717, 1.165) is 17.7 Å². The van der Waals surface area contributed by atoms with Gasteiger partial charge in [0.15, 0.2) is 0 Å². The van der Waals surface area contributed by atoms with E-state index >= 15 is 0 Å². The first kappa shape index (κ1) is 23.7. The second-order valence-electron chi connectivity index (χ2n) is 6.91. The molecule has 2 aromatic heterocycles. The highest BCUT2D eigenvalue weighted by molar-refractivity contribution is 5.61. The molecule has 0 aliphatic carbocycles. The van der Waals surface area contributed by atoms with E-state index in [9.17, 15) is 13.2 Å². The average Bonchev–Trinajstić information content (AvgIpc) is 3.12. The Morgan fingerprint density at radius 3 is 2.35 bits per heavy atom. The number of rotatable bonds is 6. The molecular weight excluding hydrogens is 409 g/mol. The Balaban J connectivity index is 0.00000107. The van der Waals surface area contributed by atoms with Crippen LogP contribution in [0.4, 0.5) is 19.0 Å². The Labute approximate surface area is 178 Å². The zero-order chi connectivity index (χ0) is 23.0. The first-order valence-electron chi connectivity index (χ1n) is 9.39. The molecular formula is C21H25F3N6O. The number of nitrogens with two attached hydrogens (primary N) is 1. The van der Waals surface area contributed by atoms with E-state index in [4.69, 9.17) is 5.41 Å². The number of nitrogens with zero attached hydrogens (tertiary/aromatic N) is 4. The molecule has 0 radical (unpaired) electrons. The Hall–Kier alpha value is -3.56. The molecule has 0 spiro atoms. The van der Waals surface area contributed by atoms with Crippen LogP contribution >= 0.6 is 0 Å². The molecule has 7 nitrogen and oxygen atoms in total. The topological polar surface area (TPSA) is 93.0 Å². The maximum absolute atomic E-state index is 12.3. The van der Waals surface area contributed by atoms with Crippen LogP contribution in [0.5, 0.6) is 5.75 Å². The van der Waals surface area contributed by atoms with Gasteiger partial charge in [-0.05, 0) is 55.8 Å². The SMILES string of the molecule is CC(C)N(Cc1ccnc(-c2ccc(OC(F)(F)F)cc2)c1)c1cn(C)cn1.N=CN. The van der Waals surface area contributed by atoms with Crippen molar-refractivity contribution in [3.63, 3.8) is 0 Å². The molecule has 0 amide bonds. The minimum atomic E-state index is -4.70. The minimum absolute atomic E-state index is 0.241. The van der Waals surface area contributed by atoms with E-state index in [1.807, 2.05) is 29.9 Å². The summed E-state index contributed by atoms with van der Waals surface area (Å²) in [6, 6.07) is 9.78. The summed E-state index contributed by atoms with van der Waals surface area (Å²) >= 11 is 0. The summed E-state index contributed by atoms with van der Waals surface area (Å²) in [5, 5.41) is 5.86. The second-order valence-corrected chi connectivity index (χ2v) is 6.91. The lowest BCUT2D eigenvalue weighted by Gasteiger charge is -2.26. The van der Waals surface area contributed by atoms with E-state index in [-0.39, 0.29) is 11.8 Å². The van der Waals surface area contributed by atoms with Crippen LogP contribution in [0.1, 0.15) is 19.4 Å². The lowest BCUT2D eigenvalue weighted by atomic mass is 10.1. The molecule has 0 aliphatic heterocycles. The predicted molar refractivity (Wildman–Crippen MR) is 114 cm³/mol. The molecule has 0 aliphatic rings. The van der Waals surface area contributed by atoms with Gasteiger partial charge in [-0.3, -0.25) is 10.4 Å². The second kappa shape index (κ2) is 10.5. The third kappa shape index (κ3) is 7.32. The number of halogens is 3. The number of aryl methyl sites for hydroxylation is 1. The molecule has 1 aromatic carbocycles. The highest BCUT2D eigenvalue weighted by Gasteiger charge is 2.31. The highest BCUT2D eigenvalue weighted by atomic mass is 19.4. The van der Waals surface area contributed by atoms with Crippen LogP contribution in [0.25, 0.3) is 11.3 Å². The number of pyridine rings is 1. The van der Waals surface area contributed by atoms with E-state index in [1.54, 1.807) is 24.7 Å². The van der Waals surface area contributed by atoms with Crippen molar-refractivity contribution in [2.45, 2.75) is 32.8 Å². The molecule has 0 atom stereocenters. The van der Waals surface area contributed by atoms with Gasteiger partial charge < -0.3 is 19.9 Å². The summed E-state index contributed by atoms with van der Waals surface area (Å²) in [6.45, 7) is 4.83. The monoisotopic (exact) mass is 434 g/mol. The number of aromatic nitrogens is 3. The highest BCUT2D eigenvalue weighted by Crippen LogP contribution is 2.26. The summed E-state index contributed by atoms with van der Waals surface area (Å²) in [5.41, 5.74) is 6.81. The molecule has 0 unspecified atom stereocenters. The van der Waals surface area contributed by atoms with E-state index in [0.29, 0.717) is 17.8 Å². The molecule has 2 heterocycles. The largest absolute Gasteiger partial charge is 0.573 e. The standard InChI is InChI=1S/C20H21F3N4O.CH4N2/c1-14(2)27(19-12-26(3)13-25-19)11-15-8-9-24-18(10-15)16-4-6-17(7-5-16)28-20(21,22)23;2-1-3/h4-10,12-14H,11H2,1-3H3;1H,(H3,2,3). The maximum Gasteiger partial charge on any atom is 0.573 e. The van der Waals surface area contributed by atoms with Gasteiger partial charge in [-0.25, -0.2) is 4.98 Å². The quantitative estimate of drug-likeness (QED) is 0.445. The van der Waals surface area contributed by atoms with Crippen molar-refractivity contribution < 1.29 is 17.9 Å². The number of alkyl halides is 3. The van der Waals surface area contributed by atoms with Crippen molar-refractivity contribution in [3.05, 3.63) is 60.7 Å². The summed E-state index contributed by atoms with van der Waals surface area (Å²) in [5.74, 6) is 0.623. The molecule has 0 saturated carbocycles. The minimum Gasteiger partial charge on any atom is -0.406 e. The van der Waals surface area contributed by atoms with Crippen molar-refractivity contribution in [1.29, 1.82) is 5.41 Å². The van der Waals surface area contributed by atoms with E-state index in [1.165, 1.54) is 12.1 Å².